The van der Waals surface area contributed by atoms with Gasteiger partial charge in [0.25, 0.3) is 0 Å². The normalized spacial score (nSPS) is 25.9. The predicted octanol–water partition coefficient (Wildman–Crippen LogP) is 2.14. The van der Waals surface area contributed by atoms with Gasteiger partial charge in [0.15, 0.2) is 0 Å². The van der Waals surface area contributed by atoms with Crippen molar-refractivity contribution in [2.75, 3.05) is 13.6 Å². The van der Waals surface area contributed by atoms with Crippen molar-refractivity contribution in [3.63, 3.8) is 0 Å². The van der Waals surface area contributed by atoms with Gasteiger partial charge in [0, 0.05) is 6.54 Å². The van der Waals surface area contributed by atoms with E-state index in [9.17, 15) is 4.79 Å². The first-order chi connectivity index (χ1) is 7.66. The second-order valence-electron chi connectivity index (χ2n) is 4.86. The number of carbonyl (C=O) groups excluding carboxylic acids is 1. The second-order valence-corrected chi connectivity index (χ2v) is 4.86. The van der Waals surface area contributed by atoms with Gasteiger partial charge in [-0.3, -0.25) is 9.69 Å². The summed E-state index contributed by atoms with van der Waals surface area (Å²) < 4.78 is 0. The summed E-state index contributed by atoms with van der Waals surface area (Å²) in [6, 6.07) is 10.7. The number of ketones is 1. The van der Waals surface area contributed by atoms with Crippen LogP contribution in [0.4, 0.5) is 0 Å². The lowest BCUT2D eigenvalue weighted by atomic mass is 9.96. The Morgan fingerprint density at radius 3 is 2.62 bits per heavy atom. The standard InChI is InChI=1S/C14H19NO/c1-11(16)14-9-13(10-15(14)2)8-12-6-4-3-5-7-12/h3-7,13-14H,8-10H2,1-2H3/t13-,14+/m1/s1. The molecule has 0 aliphatic carbocycles. The molecule has 0 N–H and O–H groups in total. The Bertz CT molecular complexity index is 360. The molecule has 86 valence electrons. The van der Waals surface area contributed by atoms with E-state index in [1.807, 2.05) is 6.07 Å². The Hall–Kier alpha value is -1.15. The van der Waals surface area contributed by atoms with Gasteiger partial charge in [-0.1, -0.05) is 30.3 Å². The van der Waals surface area contributed by atoms with Crippen LogP contribution in [-0.2, 0) is 11.2 Å². The van der Waals surface area contributed by atoms with Gasteiger partial charge in [0.1, 0.15) is 5.78 Å². The molecule has 1 aliphatic rings. The molecule has 0 aromatic heterocycles. The highest BCUT2D eigenvalue weighted by molar-refractivity contribution is 5.81. The molecule has 0 saturated carbocycles. The summed E-state index contributed by atoms with van der Waals surface area (Å²) in [4.78, 5) is 13.6. The molecule has 1 heterocycles. The van der Waals surface area contributed by atoms with Crippen molar-refractivity contribution in [3.8, 4) is 0 Å². The summed E-state index contributed by atoms with van der Waals surface area (Å²) in [5.74, 6) is 0.930. The van der Waals surface area contributed by atoms with Crippen LogP contribution in [0.2, 0.25) is 0 Å². The molecule has 2 rings (SSSR count). The predicted molar refractivity (Wildman–Crippen MR) is 65.4 cm³/mol. The molecule has 2 atom stereocenters. The zero-order valence-corrected chi connectivity index (χ0v) is 10.0. The molecule has 0 spiro atoms. The van der Waals surface area contributed by atoms with Crippen molar-refractivity contribution in [2.24, 2.45) is 5.92 Å². The number of likely N-dealkylation sites (N-methyl/N-ethyl adjacent to an activating group) is 1. The van der Waals surface area contributed by atoms with Crippen LogP contribution in [0.25, 0.3) is 0 Å². The van der Waals surface area contributed by atoms with E-state index in [1.165, 1.54) is 5.56 Å². The molecule has 2 heteroatoms. The van der Waals surface area contributed by atoms with Crippen molar-refractivity contribution in [1.29, 1.82) is 0 Å². The fourth-order valence-electron chi connectivity index (χ4n) is 2.68. The molecular weight excluding hydrogens is 198 g/mol. The van der Waals surface area contributed by atoms with Crippen LogP contribution >= 0.6 is 0 Å². The topological polar surface area (TPSA) is 20.3 Å². The smallest absolute Gasteiger partial charge is 0.146 e. The maximum Gasteiger partial charge on any atom is 0.146 e. The third-order valence-corrected chi connectivity index (χ3v) is 3.47. The van der Waals surface area contributed by atoms with Crippen molar-refractivity contribution >= 4 is 5.78 Å². The van der Waals surface area contributed by atoms with Gasteiger partial charge in [-0.05, 0) is 38.3 Å². The van der Waals surface area contributed by atoms with Gasteiger partial charge in [-0.2, -0.15) is 0 Å². The highest BCUT2D eigenvalue weighted by Gasteiger charge is 2.31. The number of carbonyl (C=O) groups is 1. The van der Waals surface area contributed by atoms with Crippen molar-refractivity contribution in [3.05, 3.63) is 35.9 Å². The van der Waals surface area contributed by atoms with E-state index in [1.54, 1.807) is 6.92 Å². The number of Topliss-reactive ketones (excluding diaryl/α,β-unsaturated/α-hetero) is 1. The molecule has 2 nitrogen and oxygen atoms in total. The maximum absolute atomic E-state index is 11.4. The van der Waals surface area contributed by atoms with E-state index in [0.717, 1.165) is 19.4 Å². The Kier molecular flexibility index (Phi) is 3.39. The molecule has 1 aliphatic heterocycles. The molecule has 1 fully saturated rings. The Balaban J connectivity index is 1.96. The molecule has 1 aromatic rings. The van der Waals surface area contributed by atoms with Gasteiger partial charge in [-0.15, -0.1) is 0 Å². The number of hydrogen-bond donors (Lipinski definition) is 0. The molecule has 0 amide bonds. The number of benzene rings is 1. The first-order valence-electron chi connectivity index (χ1n) is 5.91. The van der Waals surface area contributed by atoms with Crippen molar-refractivity contribution in [1.82, 2.24) is 4.90 Å². The quantitative estimate of drug-likeness (QED) is 0.773. The monoisotopic (exact) mass is 217 g/mol. The summed E-state index contributed by atoms with van der Waals surface area (Å²) in [7, 11) is 2.05. The van der Waals surface area contributed by atoms with E-state index in [0.29, 0.717) is 11.7 Å². The second kappa shape index (κ2) is 4.79. The molecule has 1 aromatic carbocycles. The highest BCUT2D eigenvalue weighted by atomic mass is 16.1. The summed E-state index contributed by atoms with van der Waals surface area (Å²) in [5.41, 5.74) is 1.38. The first-order valence-corrected chi connectivity index (χ1v) is 5.91. The van der Waals surface area contributed by atoms with Gasteiger partial charge >= 0.3 is 0 Å². The zero-order chi connectivity index (χ0) is 11.5. The van der Waals surface area contributed by atoms with Crippen LogP contribution in [-0.4, -0.2) is 30.3 Å². The van der Waals surface area contributed by atoms with Gasteiger partial charge in [0.2, 0.25) is 0 Å². The Morgan fingerprint density at radius 1 is 1.38 bits per heavy atom. The molecular formula is C14H19NO. The number of nitrogens with zero attached hydrogens (tertiary/aromatic N) is 1. The fraction of sp³-hybridized carbons (Fsp3) is 0.500. The van der Waals surface area contributed by atoms with Crippen LogP contribution in [0, 0.1) is 5.92 Å². The van der Waals surface area contributed by atoms with Crippen LogP contribution in [0.5, 0.6) is 0 Å². The first kappa shape index (κ1) is 11.3. The lowest BCUT2D eigenvalue weighted by molar-refractivity contribution is -0.120. The fourth-order valence-corrected chi connectivity index (χ4v) is 2.68. The summed E-state index contributed by atoms with van der Waals surface area (Å²) in [6.07, 6.45) is 2.11. The molecule has 1 saturated heterocycles. The van der Waals surface area contributed by atoms with Crippen LogP contribution in [0.3, 0.4) is 0 Å². The van der Waals surface area contributed by atoms with Crippen molar-refractivity contribution in [2.45, 2.75) is 25.8 Å². The van der Waals surface area contributed by atoms with E-state index < -0.39 is 0 Å². The lowest BCUT2D eigenvalue weighted by Gasteiger charge is -2.14. The minimum atomic E-state index is 0.147. The van der Waals surface area contributed by atoms with E-state index in [-0.39, 0.29) is 6.04 Å². The average molecular weight is 217 g/mol. The van der Waals surface area contributed by atoms with Crippen molar-refractivity contribution < 1.29 is 4.79 Å². The number of rotatable bonds is 3. The van der Waals surface area contributed by atoms with E-state index in [2.05, 4.69) is 36.2 Å². The van der Waals surface area contributed by atoms with Gasteiger partial charge in [0.05, 0.1) is 6.04 Å². The number of likely N-dealkylation sites (tertiary alicyclic amines) is 1. The van der Waals surface area contributed by atoms with Crippen LogP contribution < -0.4 is 0 Å². The summed E-state index contributed by atoms with van der Waals surface area (Å²) >= 11 is 0. The zero-order valence-electron chi connectivity index (χ0n) is 10.0. The minimum Gasteiger partial charge on any atom is -0.298 e. The van der Waals surface area contributed by atoms with Gasteiger partial charge in [-0.25, -0.2) is 0 Å². The SMILES string of the molecule is CC(=O)[C@@H]1C[C@@H](Cc2ccccc2)CN1C. The molecule has 0 unspecified atom stereocenters. The van der Waals surface area contributed by atoms with Crippen LogP contribution in [0.1, 0.15) is 18.9 Å². The lowest BCUT2D eigenvalue weighted by Crippen LogP contribution is -2.30. The molecule has 0 bridgehead atoms. The third kappa shape index (κ3) is 2.50. The summed E-state index contributed by atoms with van der Waals surface area (Å²) in [6.45, 7) is 2.74. The average Bonchev–Trinajstić information content (AvgIpc) is 2.61. The Labute approximate surface area is 97.3 Å². The number of hydrogen-bond acceptors (Lipinski definition) is 2. The van der Waals surface area contributed by atoms with Crippen LogP contribution in [0.15, 0.2) is 30.3 Å². The van der Waals surface area contributed by atoms with Gasteiger partial charge < -0.3 is 0 Å². The van der Waals surface area contributed by atoms with E-state index >= 15 is 0 Å². The highest BCUT2D eigenvalue weighted by Crippen LogP contribution is 2.25. The largest absolute Gasteiger partial charge is 0.298 e. The van der Waals surface area contributed by atoms with E-state index in [4.69, 9.17) is 0 Å². The maximum atomic E-state index is 11.4. The Morgan fingerprint density at radius 2 is 2.06 bits per heavy atom. The minimum absolute atomic E-state index is 0.147. The molecule has 16 heavy (non-hydrogen) atoms. The summed E-state index contributed by atoms with van der Waals surface area (Å²) in [5, 5.41) is 0. The molecule has 0 radical (unpaired) electrons. The third-order valence-electron chi connectivity index (χ3n) is 3.47.